The van der Waals surface area contributed by atoms with Crippen LogP contribution < -0.4 is 0 Å². The third-order valence-corrected chi connectivity index (χ3v) is 5.03. The summed E-state index contributed by atoms with van der Waals surface area (Å²) in [6.45, 7) is 3.60. The largest absolute Gasteiger partial charge is 0.457 e. The fraction of sp³-hybridized carbons (Fsp3) is 0.250. The number of benzene rings is 2. The normalized spacial score (nSPS) is 12.8. The molecule has 0 aliphatic carbocycles. The van der Waals surface area contributed by atoms with Crippen molar-refractivity contribution in [2.24, 2.45) is 0 Å². The van der Waals surface area contributed by atoms with Crippen LogP contribution in [0.3, 0.4) is 0 Å². The fourth-order valence-corrected chi connectivity index (χ4v) is 3.13. The van der Waals surface area contributed by atoms with Crippen molar-refractivity contribution in [2.75, 3.05) is 6.61 Å². The van der Waals surface area contributed by atoms with E-state index in [1.165, 1.54) is 0 Å². The molecule has 0 saturated carbocycles. The van der Waals surface area contributed by atoms with Gasteiger partial charge in [-0.1, -0.05) is 60.7 Å². The third-order valence-electron chi connectivity index (χ3n) is 5.03. The van der Waals surface area contributed by atoms with Gasteiger partial charge in [0.15, 0.2) is 17.5 Å². The molecule has 10 nitrogen and oxygen atoms in total. The zero-order valence-electron chi connectivity index (χ0n) is 18.8. The molecule has 2 atom stereocenters. The maximum absolute atomic E-state index is 12.6. The highest BCUT2D eigenvalue weighted by Gasteiger charge is 2.22. The summed E-state index contributed by atoms with van der Waals surface area (Å²) in [5.41, 5.74) is 1.60. The average Bonchev–Trinajstić information content (AvgIpc) is 3.55. The van der Waals surface area contributed by atoms with Gasteiger partial charge in [-0.15, -0.1) is 0 Å². The molecule has 2 N–H and O–H groups in total. The molecule has 4 aromatic rings. The number of hydrogen-bond acceptors (Lipinski definition) is 8. The fourth-order valence-electron chi connectivity index (χ4n) is 3.13. The Morgan fingerprint density at radius 3 is 1.94 bits per heavy atom. The zero-order valence-corrected chi connectivity index (χ0v) is 18.8. The number of aromatic amines is 2. The van der Waals surface area contributed by atoms with E-state index >= 15 is 0 Å². The smallest absolute Gasteiger partial charge is 0.376 e. The van der Waals surface area contributed by atoms with Crippen LogP contribution >= 0.6 is 0 Å². The number of hydrogen-bond donors (Lipinski definition) is 2. The minimum Gasteiger partial charge on any atom is -0.457 e. The number of aromatic nitrogens is 6. The van der Waals surface area contributed by atoms with E-state index in [0.717, 1.165) is 11.1 Å². The first-order chi connectivity index (χ1) is 16.5. The summed E-state index contributed by atoms with van der Waals surface area (Å²) >= 11 is 0. The average molecular weight is 460 g/mol. The molecule has 0 radical (unpaired) electrons. The highest BCUT2D eigenvalue weighted by molar-refractivity contribution is 5.96. The van der Waals surface area contributed by atoms with E-state index in [1.807, 2.05) is 60.7 Å². The van der Waals surface area contributed by atoms with Gasteiger partial charge in [-0.2, -0.15) is 10.2 Å². The Morgan fingerprint density at radius 2 is 1.35 bits per heavy atom. The summed E-state index contributed by atoms with van der Waals surface area (Å²) in [6, 6.07) is 18.7. The van der Waals surface area contributed by atoms with Gasteiger partial charge < -0.3 is 9.47 Å². The molecule has 2 heterocycles. The van der Waals surface area contributed by atoms with Crippen LogP contribution in [0.25, 0.3) is 22.8 Å². The molecule has 0 amide bonds. The summed E-state index contributed by atoms with van der Waals surface area (Å²) in [4.78, 5) is 33.4. The quantitative estimate of drug-likeness (QED) is 0.271. The van der Waals surface area contributed by atoms with Gasteiger partial charge in [-0.05, 0) is 13.8 Å². The van der Waals surface area contributed by atoms with Crippen LogP contribution in [0.1, 0.15) is 41.5 Å². The molecule has 174 valence electrons. The number of nitrogens with one attached hydrogen (secondary N) is 2. The summed E-state index contributed by atoms with van der Waals surface area (Å²) in [5.74, 6) is 0.0918. The van der Waals surface area contributed by atoms with E-state index in [2.05, 4.69) is 30.4 Å². The molecule has 2 aromatic heterocycles. The lowest BCUT2D eigenvalue weighted by Gasteiger charge is -2.14. The first kappa shape index (κ1) is 23.0. The number of rotatable bonds is 10. The van der Waals surface area contributed by atoms with Crippen molar-refractivity contribution >= 4 is 11.8 Å². The summed E-state index contributed by atoms with van der Waals surface area (Å²) in [5, 5.41) is 13.4. The first-order valence-corrected chi connectivity index (χ1v) is 10.8. The van der Waals surface area contributed by atoms with E-state index in [1.54, 1.807) is 13.8 Å². The monoisotopic (exact) mass is 460 g/mol. The summed E-state index contributed by atoms with van der Waals surface area (Å²) in [6.07, 6.45) is -0.786. The van der Waals surface area contributed by atoms with E-state index in [4.69, 9.17) is 9.47 Å². The van der Waals surface area contributed by atoms with E-state index in [0.29, 0.717) is 18.1 Å². The van der Waals surface area contributed by atoms with Crippen LogP contribution in [0.2, 0.25) is 0 Å². The number of ketones is 1. The van der Waals surface area contributed by atoms with Crippen LogP contribution in [0.4, 0.5) is 0 Å². The number of ether oxygens (including phenoxy) is 2. The number of H-pyrrole nitrogens is 2. The van der Waals surface area contributed by atoms with Gasteiger partial charge in [0.2, 0.25) is 11.6 Å². The highest BCUT2D eigenvalue weighted by Crippen LogP contribution is 2.16. The molecular weight excluding hydrogens is 436 g/mol. The Kier molecular flexibility index (Phi) is 7.19. The third kappa shape index (κ3) is 5.59. The van der Waals surface area contributed by atoms with Gasteiger partial charge in [-0.3, -0.25) is 15.0 Å². The van der Waals surface area contributed by atoms with Crippen LogP contribution in [-0.4, -0.2) is 60.9 Å². The van der Waals surface area contributed by atoms with Gasteiger partial charge in [0.1, 0.15) is 12.2 Å². The van der Waals surface area contributed by atoms with Crippen molar-refractivity contribution in [1.29, 1.82) is 0 Å². The molecule has 10 heteroatoms. The SMILES string of the molecule is CC(CCOC(C)C(=O)c1nc(-c2ccccc2)n[nH]1)OC(=O)c1nc(-c2ccccc2)n[nH]1. The molecule has 0 fully saturated rings. The zero-order chi connectivity index (χ0) is 23.9. The van der Waals surface area contributed by atoms with Gasteiger partial charge in [0.25, 0.3) is 0 Å². The van der Waals surface area contributed by atoms with Crippen molar-refractivity contribution in [1.82, 2.24) is 30.4 Å². The number of carbonyl (C=O) groups excluding carboxylic acids is 2. The van der Waals surface area contributed by atoms with E-state index in [9.17, 15) is 9.59 Å². The molecule has 0 spiro atoms. The van der Waals surface area contributed by atoms with E-state index in [-0.39, 0.29) is 24.0 Å². The minimum absolute atomic E-state index is 0.0229. The summed E-state index contributed by atoms with van der Waals surface area (Å²) in [7, 11) is 0. The molecule has 0 saturated heterocycles. The van der Waals surface area contributed by atoms with Crippen molar-refractivity contribution in [2.45, 2.75) is 32.5 Å². The Hall–Kier alpha value is -4.18. The standard InChI is InChI=1S/C24H24N6O4/c1-15(34-24(32)23-26-21(28-30-23)18-11-7-4-8-12-18)13-14-33-16(2)19(31)22-25-20(27-29-22)17-9-5-3-6-10-17/h3-12,15-16H,13-14H2,1-2H3,(H,25,27,29)(H,26,28,30). The predicted octanol–water partition coefficient (Wildman–Crippen LogP) is 3.48. The molecule has 0 aliphatic heterocycles. The minimum atomic E-state index is -0.734. The second-order valence-corrected chi connectivity index (χ2v) is 7.63. The summed E-state index contributed by atoms with van der Waals surface area (Å²) < 4.78 is 11.0. The van der Waals surface area contributed by atoms with Crippen molar-refractivity contribution in [3.8, 4) is 22.8 Å². The molecule has 4 rings (SSSR count). The Morgan fingerprint density at radius 1 is 0.824 bits per heavy atom. The maximum atomic E-state index is 12.6. The number of Topliss-reactive ketones (excluding diaryl/α,β-unsaturated/α-hetero) is 1. The molecule has 2 unspecified atom stereocenters. The maximum Gasteiger partial charge on any atom is 0.376 e. The molecule has 34 heavy (non-hydrogen) atoms. The van der Waals surface area contributed by atoms with Crippen LogP contribution in [-0.2, 0) is 9.47 Å². The number of carbonyl (C=O) groups is 2. The predicted molar refractivity (Wildman–Crippen MR) is 123 cm³/mol. The second-order valence-electron chi connectivity index (χ2n) is 7.63. The number of esters is 1. The van der Waals surface area contributed by atoms with Crippen molar-refractivity contribution < 1.29 is 19.1 Å². The number of nitrogens with zero attached hydrogens (tertiary/aromatic N) is 4. The van der Waals surface area contributed by atoms with Crippen LogP contribution in [0, 0.1) is 0 Å². The first-order valence-electron chi connectivity index (χ1n) is 10.8. The van der Waals surface area contributed by atoms with Gasteiger partial charge in [0.05, 0.1) is 6.61 Å². The topological polar surface area (TPSA) is 136 Å². The molecule has 0 bridgehead atoms. The Bertz CT molecular complexity index is 1240. The van der Waals surface area contributed by atoms with E-state index < -0.39 is 18.2 Å². The highest BCUT2D eigenvalue weighted by atomic mass is 16.5. The lowest BCUT2D eigenvalue weighted by molar-refractivity contribution is 0.0125. The Balaban J connectivity index is 1.23. The van der Waals surface area contributed by atoms with Crippen molar-refractivity contribution in [3.05, 3.63) is 72.3 Å². The van der Waals surface area contributed by atoms with Crippen LogP contribution in [0.5, 0.6) is 0 Å². The molecule has 2 aromatic carbocycles. The lowest BCUT2D eigenvalue weighted by Crippen LogP contribution is -2.25. The van der Waals surface area contributed by atoms with Gasteiger partial charge in [-0.25, -0.2) is 14.8 Å². The molecule has 0 aliphatic rings. The van der Waals surface area contributed by atoms with Crippen LogP contribution in [0.15, 0.2) is 60.7 Å². The Labute approximate surface area is 195 Å². The van der Waals surface area contributed by atoms with Gasteiger partial charge in [0, 0.05) is 17.5 Å². The van der Waals surface area contributed by atoms with Gasteiger partial charge >= 0.3 is 5.97 Å². The lowest BCUT2D eigenvalue weighted by atomic mass is 10.2. The second kappa shape index (κ2) is 10.6. The van der Waals surface area contributed by atoms with Crippen molar-refractivity contribution in [3.63, 3.8) is 0 Å². The molecular formula is C24H24N6O4.